The van der Waals surface area contributed by atoms with Crippen molar-refractivity contribution in [3.8, 4) is 0 Å². The zero-order chi connectivity index (χ0) is 12.5. The van der Waals surface area contributed by atoms with Gasteiger partial charge in [0.05, 0.1) is 11.2 Å². The average molecular weight is 276 g/mol. The maximum Gasteiger partial charge on any atom is 0.305 e. The van der Waals surface area contributed by atoms with Crippen molar-refractivity contribution in [3.63, 3.8) is 0 Å². The summed E-state index contributed by atoms with van der Waals surface area (Å²) in [5, 5.41) is 0. The number of hydrogen-bond donors (Lipinski definition) is 0. The minimum absolute atomic E-state index is 0.0175. The Bertz CT molecular complexity index is 215. The molecule has 0 bridgehead atoms. The zero-order valence-electron chi connectivity index (χ0n) is 10.9. The van der Waals surface area contributed by atoms with E-state index >= 15 is 0 Å². The van der Waals surface area contributed by atoms with Gasteiger partial charge in [0.2, 0.25) is 0 Å². The van der Waals surface area contributed by atoms with E-state index in [9.17, 15) is 4.79 Å². The number of thioether (sulfide) groups is 2. The second-order valence-corrected chi connectivity index (χ2v) is 7.35. The zero-order valence-corrected chi connectivity index (χ0v) is 12.6. The lowest BCUT2D eigenvalue weighted by Gasteiger charge is -2.26. The van der Waals surface area contributed by atoms with Gasteiger partial charge in [-0.2, -0.15) is 0 Å². The third kappa shape index (κ3) is 6.61. The van der Waals surface area contributed by atoms with Gasteiger partial charge in [0.1, 0.15) is 0 Å². The Labute approximate surface area is 114 Å². The largest absolute Gasteiger partial charge is 0.466 e. The van der Waals surface area contributed by atoms with E-state index in [4.69, 9.17) is 4.74 Å². The van der Waals surface area contributed by atoms with Gasteiger partial charge >= 0.3 is 5.97 Å². The molecule has 4 heteroatoms. The minimum atomic E-state index is -0.0175. The first-order valence-corrected chi connectivity index (χ1v) is 8.72. The van der Waals surface area contributed by atoms with Crippen molar-refractivity contribution >= 4 is 29.5 Å². The molecule has 0 aromatic heterocycles. The lowest BCUT2D eigenvalue weighted by Crippen LogP contribution is -2.17. The number of unbranched alkanes of at least 4 members (excludes halogenated alkanes) is 1. The second kappa shape index (κ2) is 9.15. The highest BCUT2D eigenvalue weighted by molar-refractivity contribution is 8.17. The van der Waals surface area contributed by atoms with Crippen LogP contribution in [0.4, 0.5) is 0 Å². The van der Waals surface area contributed by atoms with Gasteiger partial charge in [-0.05, 0) is 36.7 Å². The van der Waals surface area contributed by atoms with Crippen molar-refractivity contribution in [1.29, 1.82) is 0 Å². The van der Waals surface area contributed by atoms with Crippen molar-refractivity contribution in [1.82, 2.24) is 0 Å². The van der Waals surface area contributed by atoms with E-state index in [1.54, 1.807) is 0 Å². The van der Waals surface area contributed by atoms with Crippen molar-refractivity contribution in [2.75, 3.05) is 18.1 Å². The van der Waals surface area contributed by atoms with Gasteiger partial charge in [-0.15, -0.1) is 23.5 Å². The third-order valence-corrected chi connectivity index (χ3v) is 6.33. The molecule has 0 aromatic rings. The van der Waals surface area contributed by atoms with E-state index in [0.717, 1.165) is 19.3 Å². The Hall–Kier alpha value is 0.170. The van der Waals surface area contributed by atoms with Gasteiger partial charge in [0.25, 0.3) is 0 Å². The van der Waals surface area contributed by atoms with Gasteiger partial charge in [0.15, 0.2) is 0 Å². The summed E-state index contributed by atoms with van der Waals surface area (Å²) in [6.07, 6.45) is 4.95. The molecule has 0 aromatic carbocycles. The smallest absolute Gasteiger partial charge is 0.305 e. The maximum absolute atomic E-state index is 11.5. The standard InChI is InChI=1S/C13H24O2S2/c1-3-4-8-15-12(14)7-6-11(2)13-16-9-5-10-17-13/h11,13H,3-10H2,1-2H3. The lowest BCUT2D eigenvalue weighted by molar-refractivity contribution is -0.144. The molecule has 0 saturated carbocycles. The Morgan fingerprint density at radius 2 is 2.12 bits per heavy atom. The number of rotatable bonds is 7. The highest BCUT2D eigenvalue weighted by atomic mass is 32.2. The van der Waals surface area contributed by atoms with Crippen LogP contribution in [0.25, 0.3) is 0 Å². The number of ether oxygens (including phenoxy) is 1. The minimum Gasteiger partial charge on any atom is -0.466 e. The number of carbonyl (C=O) groups is 1. The molecule has 2 nitrogen and oxygen atoms in total. The number of esters is 1. The van der Waals surface area contributed by atoms with E-state index in [2.05, 4.69) is 37.4 Å². The molecule has 1 rings (SSSR count). The predicted molar refractivity (Wildman–Crippen MR) is 77.6 cm³/mol. The van der Waals surface area contributed by atoms with E-state index in [1.807, 2.05) is 0 Å². The lowest BCUT2D eigenvalue weighted by atomic mass is 10.1. The predicted octanol–water partition coefficient (Wildman–Crippen LogP) is 3.94. The fraction of sp³-hybridized carbons (Fsp3) is 0.923. The van der Waals surface area contributed by atoms with Crippen LogP contribution in [0.15, 0.2) is 0 Å². The van der Waals surface area contributed by atoms with Gasteiger partial charge in [-0.1, -0.05) is 20.3 Å². The highest BCUT2D eigenvalue weighted by Crippen LogP contribution is 2.37. The molecule has 100 valence electrons. The first kappa shape index (κ1) is 15.2. The Morgan fingerprint density at radius 1 is 1.41 bits per heavy atom. The second-order valence-electron chi connectivity index (χ2n) is 4.55. The number of hydrogen-bond acceptors (Lipinski definition) is 4. The van der Waals surface area contributed by atoms with Crippen molar-refractivity contribution in [2.24, 2.45) is 5.92 Å². The van der Waals surface area contributed by atoms with Crippen molar-refractivity contribution < 1.29 is 9.53 Å². The summed E-state index contributed by atoms with van der Waals surface area (Å²) < 4.78 is 5.85. The van der Waals surface area contributed by atoms with Crippen LogP contribution in [0, 0.1) is 5.92 Å². The number of carbonyl (C=O) groups excluding carboxylic acids is 1. The van der Waals surface area contributed by atoms with E-state index in [-0.39, 0.29) is 5.97 Å². The summed E-state index contributed by atoms with van der Waals surface area (Å²) in [5.74, 6) is 3.16. The van der Waals surface area contributed by atoms with Crippen LogP contribution in [0.3, 0.4) is 0 Å². The first-order valence-electron chi connectivity index (χ1n) is 6.63. The molecule has 0 spiro atoms. The molecule has 0 N–H and O–H groups in total. The van der Waals surface area contributed by atoms with Crippen LogP contribution in [0.1, 0.15) is 46.0 Å². The molecular weight excluding hydrogens is 252 g/mol. The molecule has 1 unspecified atom stereocenters. The van der Waals surface area contributed by atoms with Crippen molar-refractivity contribution in [3.05, 3.63) is 0 Å². The molecule has 1 saturated heterocycles. The van der Waals surface area contributed by atoms with Crippen LogP contribution in [0.5, 0.6) is 0 Å². The monoisotopic (exact) mass is 276 g/mol. The van der Waals surface area contributed by atoms with Gasteiger partial charge < -0.3 is 4.74 Å². The summed E-state index contributed by atoms with van der Waals surface area (Å²) in [5.41, 5.74) is 0. The average Bonchev–Trinajstić information content (AvgIpc) is 2.37. The van der Waals surface area contributed by atoms with Crippen LogP contribution in [-0.2, 0) is 9.53 Å². The third-order valence-electron chi connectivity index (χ3n) is 2.88. The normalized spacial score (nSPS) is 18.9. The molecule has 1 fully saturated rings. The molecule has 17 heavy (non-hydrogen) atoms. The van der Waals surface area contributed by atoms with Crippen LogP contribution in [-0.4, -0.2) is 28.7 Å². The molecule has 0 aliphatic carbocycles. The molecule has 1 aliphatic heterocycles. The van der Waals surface area contributed by atoms with Crippen molar-refractivity contribution in [2.45, 2.75) is 50.5 Å². The van der Waals surface area contributed by atoms with Gasteiger partial charge in [-0.3, -0.25) is 4.79 Å². The van der Waals surface area contributed by atoms with E-state index in [0.29, 0.717) is 23.5 Å². The van der Waals surface area contributed by atoms with E-state index < -0.39 is 0 Å². The fourth-order valence-electron chi connectivity index (χ4n) is 1.72. The van der Waals surface area contributed by atoms with Crippen LogP contribution >= 0.6 is 23.5 Å². The maximum atomic E-state index is 11.5. The van der Waals surface area contributed by atoms with Crippen LogP contribution < -0.4 is 0 Å². The van der Waals surface area contributed by atoms with Gasteiger partial charge in [0, 0.05) is 6.42 Å². The Kier molecular flexibility index (Phi) is 8.19. The van der Waals surface area contributed by atoms with E-state index in [1.165, 1.54) is 17.9 Å². The Balaban J connectivity index is 2.09. The Morgan fingerprint density at radius 3 is 2.76 bits per heavy atom. The summed E-state index contributed by atoms with van der Waals surface area (Å²) >= 11 is 4.11. The highest BCUT2D eigenvalue weighted by Gasteiger charge is 2.21. The molecular formula is C13H24O2S2. The quantitative estimate of drug-likeness (QED) is 0.520. The summed E-state index contributed by atoms with van der Waals surface area (Å²) in [6, 6.07) is 0. The molecule has 1 atom stereocenters. The summed E-state index contributed by atoms with van der Waals surface area (Å²) in [4.78, 5) is 11.5. The summed E-state index contributed by atoms with van der Waals surface area (Å²) in [7, 11) is 0. The molecule has 0 radical (unpaired) electrons. The molecule has 1 aliphatic rings. The first-order chi connectivity index (χ1) is 8.24. The fourth-order valence-corrected chi connectivity index (χ4v) is 4.88. The van der Waals surface area contributed by atoms with Gasteiger partial charge in [-0.25, -0.2) is 0 Å². The molecule has 0 amide bonds. The molecule has 1 heterocycles. The topological polar surface area (TPSA) is 26.3 Å². The SMILES string of the molecule is CCCCOC(=O)CCC(C)C1SCCCS1. The summed E-state index contributed by atoms with van der Waals surface area (Å²) in [6.45, 7) is 4.96. The van der Waals surface area contributed by atoms with Crippen LogP contribution in [0.2, 0.25) is 0 Å².